The van der Waals surface area contributed by atoms with E-state index in [1.165, 1.54) is 7.11 Å². The number of esters is 1. The molecule has 8 heteroatoms. The number of nitrogen functional groups attached to an aromatic ring is 1. The first-order chi connectivity index (χ1) is 10.0. The lowest BCUT2D eigenvalue weighted by atomic mass is 10.2. The van der Waals surface area contributed by atoms with Crippen LogP contribution in [-0.2, 0) is 20.8 Å². The predicted molar refractivity (Wildman–Crippen MR) is 74.6 cm³/mol. The Hall–Kier alpha value is -2.09. The molecule has 1 aromatic heterocycles. The third kappa shape index (κ3) is 3.52. The van der Waals surface area contributed by atoms with E-state index in [1.54, 1.807) is 15.8 Å². The van der Waals surface area contributed by atoms with Crippen LogP contribution >= 0.6 is 0 Å². The van der Waals surface area contributed by atoms with Crippen LogP contribution in [0.15, 0.2) is 6.20 Å². The summed E-state index contributed by atoms with van der Waals surface area (Å²) >= 11 is 0. The van der Waals surface area contributed by atoms with Crippen molar-refractivity contribution < 1.29 is 19.1 Å². The van der Waals surface area contributed by atoms with Crippen molar-refractivity contribution in [3.63, 3.8) is 0 Å². The molecular weight excluding hydrogens is 276 g/mol. The fourth-order valence-corrected chi connectivity index (χ4v) is 2.21. The first kappa shape index (κ1) is 15.3. The molecule has 1 atom stereocenters. The fraction of sp³-hybridized carbons (Fsp3) is 0.615. The Bertz CT molecular complexity index is 528. The molecule has 1 saturated heterocycles. The molecule has 2 N–H and O–H groups in total. The first-order valence-electron chi connectivity index (χ1n) is 6.85. The number of ether oxygens (including phenoxy) is 2. The van der Waals surface area contributed by atoms with E-state index in [4.69, 9.17) is 10.5 Å². The SMILES string of the molecule is CCn1cc(N)c(C(=O)N2CCOC(CC(=O)OC)C2)n1. The summed E-state index contributed by atoms with van der Waals surface area (Å²) in [6.45, 7) is 3.72. The zero-order valence-corrected chi connectivity index (χ0v) is 12.2. The van der Waals surface area contributed by atoms with Crippen molar-refractivity contribution in [1.82, 2.24) is 14.7 Å². The number of anilines is 1. The minimum atomic E-state index is -0.357. The van der Waals surface area contributed by atoms with Crippen molar-refractivity contribution in [3.05, 3.63) is 11.9 Å². The van der Waals surface area contributed by atoms with E-state index in [9.17, 15) is 9.59 Å². The van der Waals surface area contributed by atoms with Gasteiger partial charge in [0.25, 0.3) is 5.91 Å². The average molecular weight is 296 g/mol. The highest BCUT2D eigenvalue weighted by Gasteiger charge is 2.29. The van der Waals surface area contributed by atoms with Crippen LogP contribution in [0.5, 0.6) is 0 Å². The van der Waals surface area contributed by atoms with Crippen LogP contribution in [0.25, 0.3) is 0 Å². The van der Waals surface area contributed by atoms with Crippen LogP contribution in [0.4, 0.5) is 5.69 Å². The Morgan fingerprint density at radius 2 is 2.33 bits per heavy atom. The number of aromatic nitrogens is 2. The second-order valence-electron chi connectivity index (χ2n) is 4.81. The molecule has 8 nitrogen and oxygen atoms in total. The Morgan fingerprint density at radius 1 is 1.57 bits per heavy atom. The van der Waals surface area contributed by atoms with Gasteiger partial charge in [0.2, 0.25) is 0 Å². The lowest BCUT2D eigenvalue weighted by Crippen LogP contribution is -2.46. The van der Waals surface area contributed by atoms with Crippen molar-refractivity contribution in [3.8, 4) is 0 Å². The van der Waals surface area contributed by atoms with Gasteiger partial charge in [-0.15, -0.1) is 0 Å². The number of hydrogen-bond acceptors (Lipinski definition) is 6. The highest BCUT2D eigenvalue weighted by atomic mass is 16.5. The van der Waals surface area contributed by atoms with Crippen molar-refractivity contribution >= 4 is 17.6 Å². The van der Waals surface area contributed by atoms with Gasteiger partial charge in [-0.25, -0.2) is 0 Å². The Kier molecular flexibility index (Phi) is 4.79. The van der Waals surface area contributed by atoms with Gasteiger partial charge in [0.05, 0.1) is 31.9 Å². The predicted octanol–water partition coefficient (Wildman–Crippen LogP) is -0.111. The third-order valence-electron chi connectivity index (χ3n) is 3.36. The molecule has 0 bridgehead atoms. The number of methoxy groups -OCH3 is 1. The van der Waals surface area contributed by atoms with Gasteiger partial charge >= 0.3 is 5.97 Å². The maximum Gasteiger partial charge on any atom is 0.308 e. The van der Waals surface area contributed by atoms with E-state index in [1.807, 2.05) is 6.92 Å². The molecule has 2 heterocycles. The van der Waals surface area contributed by atoms with Gasteiger partial charge in [-0.05, 0) is 6.92 Å². The quantitative estimate of drug-likeness (QED) is 0.778. The zero-order valence-electron chi connectivity index (χ0n) is 12.2. The number of nitrogens with zero attached hydrogens (tertiary/aromatic N) is 3. The molecule has 0 radical (unpaired) electrons. The minimum absolute atomic E-state index is 0.124. The number of morpholine rings is 1. The van der Waals surface area contributed by atoms with Gasteiger partial charge < -0.3 is 20.1 Å². The Morgan fingerprint density at radius 3 is 2.95 bits per heavy atom. The van der Waals surface area contributed by atoms with E-state index in [0.29, 0.717) is 31.9 Å². The van der Waals surface area contributed by atoms with Gasteiger partial charge in [-0.1, -0.05) is 0 Å². The molecule has 21 heavy (non-hydrogen) atoms. The zero-order chi connectivity index (χ0) is 15.4. The molecule has 0 saturated carbocycles. The summed E-state index contributed by atoms with van der Waals surface area (Å²) in [4.78, 5) is 25.3. The number of carbonyl (C=O) groups excluding carboxylic acids is 2. The van der Waals surface area contributed by atoms with Crippen molar-refractivity contribution in [2.75, 3.05) is 32.5 Å². The van der Waals surface area contributed by atoms with Crippen LogP contribution in [0.2, 0.25) is 0 Å². The molecular formula is C13H20N4O4. The number of carbonyl (C=O) groups is 2. The summed E-state index contributed by atoms with van der Waals surface area (Å²) < 4.78 is 11.7. The summed E-state index contributed by atoms with van der Waals surface area (Å²) in [7, 11) is 1.33. The average Bonchev–Trinajstić information content (AvgIpc) is 2.87. The molecule has 1 aliphatic heterocycles. The summed E-state index contributed by atoms with van der Waals surface area (Å²) in [5.41, 5.74) is 6.43. The molecule has 0 aromatic carbocycles. The van der Waals surface area contributed by atoms with E-state index in [-0.39, 0.29) is 30.1 Å². The number of hydrogen-bond donors (Lipinski definition) is 1. The maximum atomic E-state index is 12.4. The normalized spacial score (nSPS) is 18.6. The molecule has 116 valence electrons. The summed E-state index contributed by atoms with van der Waals surface area (Å²) in [6.07, 6.45) is 1.41. The summed E-state index contributed by atoms with van der Waals surface area (Å²) in [6, 6.07) is 0. The lowest BCUT2D eigenvalue weighted by molar-refractivity contribution is -0.145. The molecule has 1 amide bonds. The molecule has 0 aliphatic carbocycles. The van der Waals surface area contributed by atoms with Crippen LogP contribution < -0.4 is 5.73 Å². The van der Waals surface area contributed by atoms with E-state index >= 15 is 0 Å². The van der Waals surface area contributed by atoms with E-state index < -0.39 is 0 Å². The first-order valence-corrected chi connectivity index (χ1v) is 6.85. The molecule has 2 rings (SSSR count). The van der Waals surface area contributed by atoms with Crippen LogP contribution in [-0.4, -0.2) is 59.5 Å². The fourth-order valence-electron chi connectivity index (χ4n) is 2.21. The second-order valence-corrected chi connectivity index (χ2v) is 4.81. The number of nitrogens with two attached hydrogens (primary N) is 1. The van der Waals surface area contributed by atoms with Crippen molar-refractivity contribution in [2.24, 2.45) is 0 Å². The monoisotopic (exact) mass is 296 g/mol. The van der Waals surface area contributed by atoms with Crippen molar-refractivity contribution in [2.45, 2.75) is 26.0 Å². The molecule has 1 unspecified atom stereocenters. The van der Waals surface area contributed by atoms with Crippen LogP contribution in [0, 0.1) is 0 Å². The Balaban J connectivity index is 2.04. The maximum absolute atomic E-state index is 12.4. The number of rotatable bonds is 4. The summed E-state index contributed by atoms with van der Waals surface area (Å²) in [5, 5.41) is 4.17. The highest BCUT2D eigenvalue weighted by molar-refractivity contribution is 5.97. The molecule has 1 aromatic rings. The largest absolute Gasteiger partial charge is 0.469 e. The number of aryl methyl sites for hydroxylation is 1. The summed E-state index contributed by atoms with van der Waals surface area (Å²) in [5.74, 6) is -0.595. The van der Waals surface area contributed by atoms with E-state index in [0.717, 1.165) is 0 Å². The third-order valence-corrected chi connectivity index (χ3v) is 3.36. The van der Waals surface area contributed by atoms with Crippen LogP contribution in [0.1, 0.15) is 23.8 Å². The second kappa shape index (κ2) is 6.57. The van der Waals surface area contributed by atoms with Gasteiger partial charge in [-0.2, -0.15) is 5.10 Å². The molecule has 1 fully saturated rings. The standard InChI is InChI=1S/C13H20N4O4/c1-3-17-8-10(14)12(15-17)13(19)16-4-5-21-9(7-16)6-11(18)20-2/h8-9H,3-7,14H2,1-2H3. The van der Waals surface area contributed by atoms with Gasteiger partial charge in [-0.3, -0.25) is 14.3 Å². The highest BCUT2D eigenvalue weighted by Crippen LogP contribution is 2.16. The van der Waals surface area contributed by atoms with E-state index in [2.05, 4.69) is 9.84 Å². The Labute approximate surface area is 122 Å². The number of amides is 1. The van der Waals surface area contributed by atoms with Crippen LogP contribution in [0.3, 0.4) is 0 Å². The topological polar surface area (TPSA) is 99.7 Å². The smallest absolute Gasteiger partial charge is 0.308 e. The van der Waals surface area contributed by atoms with Gasteiger partial charge in [0, 0.05) is 25.8 Å². The van der Waals surface area contributed by atoms with Crippen molar-refractivity contribution in [1.29, 1.82) is 0 Å². The van der Waals surface area contributed by atoms with Gasteiger partial charge in [0.1, 0.15) is 0 Å². The van der Waals surface area contributed by atoms with Gasteiger partial charge in [0.15, 0.2) is 5.69 Å². The molecule has 1 aliphatic rings. The lowest BCUT2D eigenvalue weighted by Gasteiger charge is -2.32. The minimum Gasteiger partial charge on any atom is -0.469 e. The molecule has 0 spiro atoms.